The first-order valence-electron chi connectivity index (χ1n) is 5.47. The first-order valence-corrected chi connectivity index (χ1v) is 5.47. The molecule has 0 saturated carbocycles. The van der Waals surface area contributed by atoms with E-state index in [9.17, 15) is 0 Å². The molecule has 0 fully saturated rings. The standard InChI is InChI=1S/C11H18N6/c1-16(2)6-4-5-13-10-7-11(15-9-14-10)17(3)8-12/h7,9H,4-6H2,1-3H3,(H,13,14,15). The van der Waals surface area contributed by atoms with Crippen LogP contribution < -0.4 is 10.2 Å². The van der Waals surface area contributed by atoms with Crippen molar-refractivity contribution in [1.82, 2.24) is 14.9 Å². The maximum Gasteiger partial charge on any atom is 0.185 e. The lowest BCUT2D eigenvalue weighted by molar-refractivity contribution is 0.405. The van der Waals surface area contributed by atoms with Crippen LogP contribution in [-0.4, -0.2) is 49.1 Å². The number of nitriles is 1. The Hall–Kier alpha value is -1.87. The predicted octanol–water partition coefficient (Wildman–Crippen LogP) is 0.757. The third kappa shape index (κ3) is 4.66. The SMILES string of the molecule is CN(C)CCCNc1cc(N(C)C#N)ncn1. The van der Waals surface area contributed by atoms with Crippen molar-refractivity contribution < 1.29 is 0 Å². The molecule has 1 heterocycles. The molecule has 0 aliphatic carbocycles. The molecule has 0 unspecified atom stereocenters. The summed E-state index contributed by atoms with van der Waals surface area (Å²) in [7, 11) is 5.76. The van der Waals surface area contributed by atoms with Crippen molar-refractivity contribution in [1.29, 1.82) is 5.26 Å². The fourth-order valence-electron chi connectivity index (χ4n) is 1.29. The number of hydrogen-bond acceptors (Lipinski definition) is 6. The Morgan fingerprint density at radius 3 is 2.76 bits per heavy atom. The molecule has 6 heteroatoms. The molecule has 0 aliphatic heterocycles. The molecule has 1 rings (SSSR count). The molecule has 6 nitrogen and oxygen atoms in total. The highest BCUT2D eigenvalue weighted by molar-refractivity contribution is 5.50. The van der Waals surface area contributed by atoms with Crippen LogP contribution in [-0.2, 0) is 0 Å². The van der Waals surface area contributed by atoms with Crippen LogP contribution in [0.4, 0.5) is 11.6 Å². The van der Waals surface area contributed by atoms with E-state index >= 15 is 0 Å². The van der Waals surface area contributed by atoms with Gasteiger partial charge in [0.2, 0.25) is 0 Å². The van der Waals surface area contributed by atoms with Crippen molar-refractivity contribution >= 4 is 11.6 Å². The topological polar surface area (TPSA) is 68.1 Å². The zero-order chi connectivity index (χ0) is 12.7. The minimum Gasteiger partial charge on any atom is -0.370 e. The van der Waals surface area contributed by atoms with Gasteiger partial charge in [-0.1, -0.05) is 0 Å². The van der Waals surface area contributed by atoms with Gasteiger partial charge >= 0.3 is 0 Å². The first-order chi connectivity index (χ1) is 8.13. The molecule has 0 radical (unpaired) electrons. The highest BCUT2D eigenvalue weighted by Crippen LogP contribution is 2.11. The Labute approximate surface area is 102 Å². The molecule has 17 heavy (non-hydrogen) atoms. The van der Waals surface area contributed by atoms with Gasteiger partial charge in [0.15, 0.2) is 6.19 Å². The van der Waals surface area contributed by atoms with Gasteiger partial charge < -0.3 is 10.2 Å². The average molecular weight is 234 g/mol. The van der Waals surface area contributed by atoms with Crippen LogP contribution in [0.25, 0.3) is 0 Å². The zero-order valence-corrected chi connectivity index (χ0v) is 10.5. The van der Waals surface area contributed by atoms with Crippen molar-refractivity contribution in [2.45, 2.75) is 6.42 Å². The number of rotatable bonds is 6. The van der Waals surface area contributed by atoms with Crippen LogP contribution in [0.3, 0.4) is 0 Å². The van der Waals surface area contributed by atoms with Crippen LogP contribution >= 0.6 is 0 Å². The van der Waals surface area contributed by atoms with Gasteiger partial charge in [0.25, 0.3) is 0 Å². The molecule has 1 N–H and O–H groups in total. The van der Waals surface area contributed by atoms with E-state index in [2.05, 4.69) is 20.2 Å². The van der Waals surface area contributed by atoms with E-state index in [0.717, 1.165) is 25.3 Å². The molecule has 1 aromatic rings. The molecule has 0 saturated heterocycles. The summed E-state index contributed by atoms with van der Waals surface area (Å²) < 4.78 is 0. The van der Waals surface area contributed by atoms with Gasteiger partial charge in [-0.3, -0.25) is 4.90 Å². The summed E-state index contributed by atoms with van der Waals surface area (Å²) >= 11 is 0. The van der Waals surface area contributed by atoms with Crippen LogP contribution in [0, 0.1) is 11.5 Å². The number of anilines is 2. The largest absolute Gasteiger partial charge is 0.370 e. The van der Waals surface area contributed by atoms with E-state index in [4.69, 9.17) is 5.26 Å². The fraction of sp³-hybridized carbons (Fsp3) is 0.545. The molecule has 0 spiro atoms. The van der Waals surface area contributed by atoms with Gasteiger partial charge in [-0.05, 0) is 27.1 Å². The van der Waals surface area contributed by atoms with Gasteiger partial charge in [-0.25, -0.2) is 9.97 Å². The van der Waals surface area contributed by atoms with E-state index in [0.29, 0.717) is 5.82 Å². The molecular weight excluding hydrogens is 216 g/mol. The Morgan fingerprint density at radius 1 is 1.35 bits per heavy atom. The minimum atomic E-state index is 0.595. The maximum absolute atomic E-state index is 8.74. The van der Waals surface area contributed by atoms with Crippen molar-refractivity contribution in [3.63, 3.8) is 0 Å². The highest BCUT2D eigenvalue weighted by atomic mass is 15.2. The van der Waals surface area contributed by atoms with Crippen molar-refractivity contribution in [3.05, 3.63) is 12.4 Å². The van der Waals surface area contributed by atoms with Crippen LogP contribution in [0.2, 0.25) is 0 Å². The normalized spacial score (nSPS) is 10.1. The van der Waals surface area contributed by atoms with E-state index in [1.54, 1.807) is 13.1 Å². The lowest BCUT2D eigenvalue weighted by Crippen LogP contribution is -2.17. The lowest BCUT2D eigenvalue weighted by Gasteiger charge is -2.11. The molecule has 0 aromatic carbocycles. The van der Waals surface area contributed by atoms with Gasteiger partial charge in [0.1, 0.15) is 18.0 Å². The lowest BCUT2D eigenvalue weighted by atomic mass is 10.4. The molecule has 0 aliphatic rings. The van der Waals surface area contributed by atoms with Gasteiger partial charge in [0.05, 0.1) is 0 Å². The highest BCUT2D eigenvalue weighted by Gasteiger charge is 2.02. The maximum atomic E-state index is 8.74. The van der Waals surface area contributed by atoms with Crippen molar-refractivity contribution in [2.24, 2.45) is 0 Å². The van der Waals surface area contributed by atoms with Gasteiger partial charge in [-0.2, -0.15) is 5.26 Å². The monoisotopic (exact) mass is 234 g/mol. The van der Waals surface area contributed by atoms with E-state index in [-0.39, 0.29) is 0 Å². The van der Waals surface area contributed by atoms with Crippen LogP contribution in [0.1, 0.15) is 6.42 Å². The Balaban J connectivity index is 2.46. The summed E-state index contributed by atoms with van der Waals surface area (Å²) in [5.74, 6) is 1.34. The van der Waals surface area contributed by atoms with E-state index < -0.39 is 0 Å². The summed E-state index contributed by atoms with van der Waals surface area (Å²) in [5.41, 5.74) is 0. The second-order valence-electron chi connectivity index (χ2n) is 4.00. The van der Waals surface area contributed by atoms with Crippen molar-refractivity contribution in [2.75, 3.05) is 44.4 Å². The predicted molar refractivity (Wildman–Crippen MR) is 67.7 cm³/mol. The second-order valence-corrected chi connectivity index (χ2v) is 4.00. The summed E-state index contributed by atoms with van der Waals surface area (Å²) in [4.78, 5) is 11.6. The fourth-order valence-corrected chi connectivity index (χ4v) is 1.29. The molecular formula is C11H18N6. The molecule has 0 amide bonds. The summed E-state index contributed by atoms with van der Waals surface area (Å²) in [6.45, 7) is 1.88. The van der Waals surface area contributed by atoms with Crippen LogP contribution in [0.15, 0.2) is 12.4 Å². The number of aromatic nitrogens is 2. The van der Waals surface area contributed by atoms with Crippen LogP contribution in [0.5, 0.6) is 0 Å². The second kappa shape index (κ2) is 6.66. The summed E-state index contributed by atoms with van der Waals surface area (Å²) in [5, 5.41) is 11.9. The average Bonchev–Trinajstić information content (AvgIpc) is 2.34. The van der Waals surface area contributed by atoms with E-state index in [1.165, 1.54) is 11.2 Å². The summed E-state index contributed by atoms with van der Waals surface area (Å²) in [6.07, 6.45) is 4.50. The first kappa shape index (κ1) is 13.2. The van der Waals surface area contributed by atoms with Gasteiger partial charge in [0, 0.05) is 19.7 Å². The Morgan fingerprint density at radius 2 is 2.12 bits per heavy atom. The third-order valence-electron chi connectivity index (χ3n) is 2.23. The molecule has 0 bridgehead atoms. The number of hydrogen-bond donors (Lipinski definition) is 1. The summed E-state index contributed by atoms with van der Waals surface area (Å²) in [6, 6.07) is 1.76. The number of nitrogens with one attached hydrogen (secondary N) is 1. The Bertz CT molecular complexity index is 384. The van der Waals surface area contributed by atoms with Gasteiger partial charge in [-0.15, -0.1) is 0 Å². The Kier molecular flexibility index (Phi) is 5.17. The smallest absolute Gasteiger partial charge is 0.185 e. The van der Waals surface area contributed by atoms with Crippen molar-refractivity contribution in [3.8, 4) is 6.19 Å². The molecule has 0 atom stereocenters. The quantitative estimate of drug-likeness (QED) is 0.445. The molecule has 1 aromatic heterocycles. The minimum absolute atomic E-state index is 0.595. The third-order valence-corrected chi connectivity index (χ3v) is 2.23. The zero-order valence-electron chi connectivity index (χ0n) is 10.5. The molecule has 92 valence electrons. The van der Waals surface area contributed by atoms with E-state index in [1.807, 2.05) is 20.3 Å². The number of nitrogens with zero attached hydrogens (tertiary/aromatic N) is 5.